The SMILES string of the molecule is CCOc1cc(C(=O)N(C)C)ccc1NCc1ccc2c(c1)CCO2. The molecule has 1 aliphatic heterocycles. The fourth-order valence-electron chi connectivity index (χ4n) is 2.88. The van der Waals surface area contributed by atoms with Crippen molar-refractivity contribution >= 4 is 11.6 Å². The summed E-state index contributed by atoms with van der Waals surface area (Å²) in [6.07, 6.45) is 0.967. The van der Waals surface area contributed by atoms with Crippen molar-refractivity contribution in [2.75, 3.05) is 32.6 Å². The van der Waals surface area contributed by atoms with Crippen molar-refractivity contribution in [3.05, 3.63) is 53.1 Å². The summed E-state index contributed by atoms with van der Waals surface area (Å²) in [5, 5.41) is 3.41. The summed E-state index contributed by atoms with van der Waals surface area (Å²) >= 11 is 0. The Balaban J connectivity index is 1.76. The third-order valence-corrected chi connectivity index (χ3v) is 4.17. The summed E-state index contributed by atoms with van der Waals surface area (Å²) in [6.45, 7) is 3.94. The number of fused-ring (bicyclic) bond motifs is 1. The Morgan fingerprint density at radius 2 is 2.08 bits per heavy atom. The van der Waals surface area contributed by atoms with Gasteiger partial charge in [-0.15, -0.1) is 0 Å². The van der Waals surface area contributed by atoms with Gasteiger partial charge in [0, 0.05) is 32.6 Å². The second kappa shape index (κ2) is 7.47. The van der Waals surface area contributed by atoms with E-state index < -0.39 is 0 Å². The first-order valence-corrected chi connectivity index (χ1v) is 8.55. The minimum Gasteiger partial charge on any atom is -0.493 e. The molecular formula is C20H24N2O3. The quantitative estimate of drug-likeness (QED) is 0.876. The van der Waals surface area contributed by atoms with E-state index in [4.69, 9.17) is 9.47 Å². The molecular weight excluding hydrogens is 316 g/mol. The van der Waals surface area contributed by atoms with Crippen LogP contribution in [0.5, 0.6) is 11.5 Å². The van der Waals surface area contributed by atoms with Crippen molar-refractivity contribution in [1.29, 1.82) is 0 Å². The molecule has 1 heterocycles. The highest BCUT2D eigenvalue weighted by molar-refractivity contribution is 5.95. The first-order valence-electron chi connectivity index (χ1n) is 8.55. The standard InChI is InChI=1S/C20H24N2O3/c1-4-24-19-12-16(20(23)22(2)3)6-7-17(19)21-13-14-5-8-18-15(11-14)9-10-25-18/h5-8,11-12,21H,4,9-10,13H2,1-3H3. The number of benzene rings is 2. The third kappa shape index (κ3) is 3.87. The van der Waals surface area contributed by atoms with Gasteiger partial charge in [0.25, 0.3) is 5.91 Å². The molecule has 0 aliphatic carbocycles. The van der Waals surface area contributed by atoms with Crippen molar-refractivity contribution < 1.29 is 14.3 Å². The number of hydrogen-bond acceptors (Lipinski definition) is 4. The molecule has 0 unspecified atom stereocenters. The molecule has 0 aromatic heterocycles. The molecule has 25 heavy (non-hydrogen) atoms. The fraction of sp³-hybridized carbons (Fsp3) is 0.350. The van der Waals surface area contributed by atoms with Gasteiger partial charge in [-0.25, -0.2) is 0 Å². The average Bonchev–Trinajstić information content (AvgIpc) is 3.07. The Kier molecular flexibility index (Phi) is 5.12. The second-order valence-corrected chi connectivity index (χ2v) is 6.24. The number of nitrogens with zero attached hydrogens (tertiary/aromatic N) is 1. The lowest BCUT2D eigenvalue weighted by Gasteiger charge is -2.16. The highest BCUT2D eigenvalue weighted by Crippen LogP contribution is 2.29. The van der Waals surface area contributed by atoms with Gasteiger partial charge >= 0.3 is 0 Å². The molecule has 1 aliphatic rings. The van der Waals surface area contributed by atoms with Crippen molar-refractivity contribution in [1.82, 2.24) is 4.90 Å². The molecule has 1 amide bonds. The van der Waals surface area contributed by atoms with Gasteiger partial charge in [0.1, 0.15) is 11.5 Å². The smallest absolute Gasteiger partial charge is 0.253 e. The Morgan fingerprint density at radius 3 is 2.84 bits per heavy atom. The predicted molar refractivity (Wildman–Crippen MR) is 98.6 cm³/mol. The normalized spacial score (nSPS) is 12.3. The number of rotatable bonds is 6. The van der Waals surface area contributed by atoms with Crippen LogP contribution in [0.25, 0.3) is 0 Å². The van der Waals surface area contributed by atoms with E-state index in [0.29, 0.717) is 24.5 Å². The van der Waals surface area contributed by atoms with Crippen LogP contribution in [0, 0.1) is 0 Å². The van der Waals surface area contributed by atoms with E-state index in [0.717, 1.165) is 24.5 Å². The second-order valence-electron chi connectivity index (χ2n) is 6.24. The van der Waals surface area contributed by atoms with Crippen molar-refractivity contribution in [2.45, 2.75) is 19.9 Å². The molecule has 5 heteroatoms. The number of nitrogens with one attached hydrogen (secondary N) is 1. The summed E-state index contributed by atoms with van der Waals surface area (Å²) in [7, 11) is 3.48. The van der Waals surface area contributed by atoms with E-state index in [1.807, 2.05) is 25.1 Å². The molecule has 0 radical (unpaired) electrons. The highest BCUT2D eigenvalue weighted by Gasteiger charge is 2.14. The van der Waals surface area contributed by atoms with Crippen LogP contribution in [-0.2, 0) is 13.0 Å². The molecule has 0 fully saturated rings. The molecule has 1 N–H and O–H groups in total. The summed E-state index contributed by atoms with van der Waals surface area (Å²) in [5.41, 5.74) is 3.96. The van der Waals surface area contributed by atoms with Gasteiger partial charge in [0.15, 0.2) is 0 Å². The number of amides is 1. The van der Waals surface area contributed by atoms with E-state index in [1.165, 1.54) is 11.1 Å². The monoisotopic (exact) mass is 340 g/mol. The van der Waals surface area contributed by atoms with Crippen LogP contribution in [-0.4, -0.2) is 38.1 Å². The molecule has 132 valence electrons. The molecule has 3 rings (SSSR count). The first-order chi connectivity index (χ1) is 12.1. The maximum Gasteiger partial charge on any atom is 0.253 e. The van der Waals surface area contributed by atoms with E-state index in [2.05, 4.69) is 17.4 Å². The van der Waals surface area contributed by atoms with Crippen LogP contribution in [0.4, 0.5) is 5.69 Å². The molecule has 0 saturated heterocycles. The zero-order chi connectivity index (χ0) is 17.8. The van der Waals surface area contributed by atoms with E-state index in [-0.39, 0.29) is 5.91 Å². The van der Waals surface area contributed by atoms with Gasteiger partial charge in [-0.2, -0.15) is 0 Å². The molecule has 2 aromatic carbocycles. The number of carbonyl (C=O) groups is 1. The molecule has 0 spiro atoms. The number of anilines is 1. The van der Waals surface area contributed by atoms with Crippen LogP contribution in [0.1, 0.15) is 28.4 Å². The van der Waals surface area contributed by atoms with Gasteiger partial charge in [-0.3, -0.25) is 4.79 Å². The summed E-state index contributed by atoms with van der Waals surface area (Å²) in [6, 6.07) is 11.8. The zero-order valence-corrected chi connectivity index (χ0v) is 15.0. The average molecular weight is 340 g/mol. The Morgan fingerprint density at radius 1 is 1.24 bits per heavy atom. The molecule has 0 bridgehead atoms. The topological polar surface area (TPSA) is 50.8 Å². The Bertz CT molecular complexity index is 772. The van der Waals surface area contributed by atoms with Gasteiger partial charge < -0.3 is 19.7 Å². The van der Waals surface area contributed by atoms with Crippen molar-refractivity contribution in [3.63, 3.8) is 0 Å². The van der Waals surface area contributed by atoms with Crippen LogP contribution in [0.2, 0.25) is 0 Å². The first kappa shape index (κ1) is 17.1. The minimum atomic E-state index is -0.0360. The molecule has 0 atom stereocenters. The lowest BCUT2D eigenvalue weighted by Crippen LogP contribution is -2.21. The summed E-state index contributed by atoms with van der Waals surface area (Å²) < 4.78 is 11.3. The number of hydrogen-bond donors (Lipinski definition) is 1. The number of carbonyl (C=O) groups excluding carboxylic acids is 1. The van der Waals surface area contributed by atoms with Crippen LogP contribution >= 0.6 is 0 Å². The summed E-state index contributed by atoms with van der Waals surface area (Å²) in [4.78, 5) is 13.7. The maximum atomic E-state index is 12.1. The van der Waals surface area contributed by atoms with Crippen LogP contribution < -0.4 is 14.8 Å². The lowest BCUT2D eigenvalue weighted by atomic mass is 10.1. The molecule has 5 nitrogen and oxygen atoms in total. The van der Waals surface area contributed by atoms with Gasteiger partial charge in [-0.1, -0.05) is 12.1 Å². The summed E-state index contributed by atoms with van der Waals surface area (Å²) in [5.74, 6) is 1.65. The van der Waals surface area contributed by atoms with E-state index in [1.54, 1.807) is 25.1 Å². The predicted octanol–water partition coefficient (Wildman–Crippen LogP) is 3.33. The van der Waals surface area contributed by atoms with Crippen LogP contribution in [0.15, 0.2) is 36.4 Å². The maximum absolute atomic E-state index is 12.1. The minimum absolute atomic E-state index is 0.0360. The zero-order valence-electron chi connectivity index (χ0n) is 15.0. The van der Waals surface area contributed by atoms with Gasteiger partial charge in [0.05, 0.1) is 18.9 Å². The van der Waals surface area contributed by atoms with E-state index >= 15 is 0 Å². The van der Waals surface area contributed by atoms with Crippen molar-refractivity contribution in [3.8, 4) is 11.5 Å². The highest BCUT2D eigenvalue weighted by atomic mass is 16.5. The van der Waals surface area contributed by atoms with Crippen molar-refractivity contribution in [2.24, 2.45) is 0 Å². The Hall–Kier alpha value is -2.69. The van der Waals surface area contributed by atoms with Crippen LogP contribution in [0.3, 0.4) is 0 Å². The largest absolute Gasteiger partial charge is 0.493 e. The van der Waals surface area contributed by atoms with Gasteiger partial charge in [0.2, 0.25) is 0 Å². The number of ether oxygens (including phenoxy) is 2. The molecule has 2 aromatic rings. The molecule has 0 saturated carbocycles. The van der Waals surface area contributed by atoms with Gasteiger partial charge in [-0.05, 0) is 42.3 Å². The fourth-order valence-corrected chi connectivity index (χ4v) is 2.88. The third-order valence-electron chi connectivity index (χ3n) is 4.17. The lowest BCUT2D eigenvalue weighted by molar-refractivity contribution is 0.0827. The Labute approximate surface area is 148 Å². The van der Waals surface area contributed by atoms with E-state index in [9.17, 15) is 4.79 Å².